The number of benzene rings is 1. The van der Waals surface area contributed by atoms with Crippen LogP contribution in [0.15, 0.2) is 24.4 Å². The molecule has 0 aromatic heterocycles. The SMILES string of the molecule is C/C=C1/c2c(C)cc(/C(=C/N)NC(C)C3NC4CCC3C4)cc2CCC1CCC. The number of aryl methyl sites for hydroxylation is 2. The molecule has 158 valence electrons. The largest absolute Gasteiger partial charge is 0.403 e. The normalized spacial score (nSPS) is 31.2. The molecule has 2 aliphatic carbocycles. The lowest BCUT2D eigenvalue weighted by atomic mass is 9.75. The molecule has 3 aliphatic rings. The lowest BCUT2D eigenvalue weighted by Gasteiger charge is -2.32. The number of hydrogen-bond donors (Lipinski definition) is 3. The van der Waals surface area contributed by atoms with Gasteiger partial charge in [0.25, 0.3) is 0 Å². The van der Waals surface area contributed by atoms with Crippen molar-refractivity contribution in [1.29, 1.82) is 0 Å². The maximum atomic E-state index is 6.11. The van der Waals surface area contributed by atoms with E-state index < -0.39 is 0 Å². The highest BCUT2D eigenvalue weighted by atomic mass is 15.1. The van der Waals surface area contributed by atoms with E-state index in [1.165, 1.54) is 67.2 Å². The van der Waals surface area contributed by atoms with E-state index in [1.807, 2.05) is 0 Å². The number of allylic oxidation sites excluding steroid dienone is 2. The van der Waals surface area contributed by atoms with Crippen molar-refractivity contribution in [3.63, 3.8) is 0 Å². The lowest BCUT2D eigenvalue weighted by molar-refractivity contribution is 0.325. The van der Waals surface area contributed by atoms with Crippen LogP contribution in [0.2, 0.25) is 0 Å². The van der Waals surface area contributed by atoms with Crippen molar-refractivity contribution >= 4 is 11.3 Å². The smallest absolute Gasteiger partial charge is 0.0574 e. The Labute approximate surface area is 177 Å². The summed E-state index contributed by atoms with van der Waals surface area (Å²) in [6.07, 6.45) is 13.2. The molecule has 5 unspecified atom stereocenters. The van der Waals surface area contributed by atoms with E-state index in [2.05, 4.69) is 56.5 Å². The fourth-order valence-corrected chi connectivity index (χ4v) is 6.36. The molecule has 3 nitrogen and oxygen atoms in total. The summed E-state index contributed by atoms with van der Waals surface area (Å²) in [5.41, 5.74) is 14.4. The van der Waals surface area contributed by atoms with Crippen LogP contribution in [0.3, 0.4) is 0 Å². The third-order valence-electron chi connectivity index (χ3n) is 7.66. The molecule has 4 rings (SSSR count). The molecule has 1 saturated carbocycles. The van der Waals surface area contributed by atoms with Crippen LogP contribution in [-0.2, 0) is 6.42 Å². The average molecular weight is 394 g/mol. The molecular weight excluding hydrogens is 354 g/mol. The van der Waals surface area contributed by atoms with Gasteiger partial charge in [-0.1, -0.05) is 19.4 Å². The zero-order valence-electron chi connectivity index (χ0n) is 18.7. The van der Waals surface area contributed by atoms with Crippen LogP contribution in [0.25, 0.3) is 11.3 Å². The molecule has 29 heavy (non-hydrogen) atoms. The molecule has 2 bridgehead atoms. The molecule has 1 aromatic carbocycles. The molecule has 2 fully saturated rings. The first-order valence-corrected chi connectivity index (χ1v) is 11.8. The Morgan fingerprint density at radius 3 is 2.76 bits per heavy atom. The monoisotopic (exact) mass is 393 g/mol. The molecule has 0 spiro atoms. The van der Waals surface area contributed by atoms with Gasteiger partial charge in [-0.05, 0) is 111 Å². The van der Waals surface area contributed by atoms with Crippen molar-refractivity contribution in [2.45, 2.75) is 90.8 Å². The minimum absolute atomic E-state index is 0.386. The summed E-state index contributed by atoms with van der Waals surface area (Å²) in [7, 11) is 0. The van der Waals surface area contributed by atoms with Crippen LogP contribution in [0.1, 0.15) is 81.5 Å². The predicted octanol–water partition coefficient (Wildman–Crippen LogP) is 5.14. The summed E-state index contributed by atoms with van der Waals surface area (Å²) < 4.78 is 0. The van der Waals surface area contributed by atoms with Crippen molar-refractivity contribution < 1.29 is 0 Å². The Morgan fingerprint density at radius 1 is 1.31 bits per heavy atom. The Hall–Kier alpha value is -1.74. The van der Waals surface area contributed by atoms with Gasteiger partial charge in [-0.2, -0.15) is 0 Å². The first-order chi connectivity index (χ1) is 14.0. The minimum Gasteiger partial charge on any atom is -0.403 e. The predicted molar refractivity (Wildman–Crippen MR) is 124 cm³/mol. The molecule has 5 atom stereocenters. The number of fused-ring (bicyclic) bond motifs is 3. The van der Waals surface area contributed by atoms with Gasteiger partial charge < -0.3 is 16.4 Å². The maximum absolute atomic E-state index is 6.11. The molecule has 1 aliphatic heterocycles. The summed E-state index contributed by atoms with van der Waals surface area (Å²) in [4.78, 5) is 0. The minimum atomic E-state index is 0.386. The van der Waals surface area contributed by atoms with E-state index in [0.717, 1.165) is 17.7 Å². The number of piperidine rings is 1. The van der Waals surface area contributed by atoms with Gasteiger partial charge in [0.15, 0.2) is 0 Å². The average Bonchev–Trinajstić information content (AvgIpc) is 3.35. The van der Waals surface area contributed by atoms with Crippen LogP contribution in [0, 0.1) is 18.8 Å². The van der Waals surface area contributed by atoms with Gasteiger partial charge >= 0.3 is 0 Å². The summed E-state index contributed by atoms with van der Waals surface area (Å²) in [6, 6.07) is 6.41. The van der Waals surface area contributed by atoms with Crippen LogP contribution >= 0.6 is 0 Å². The number of rotatable bonds is 6. The van der Waals surface area contributed by atoms with Gasteiger partial charge in [0.2, 0.25) is 0 Å². The second kappa shape index (κ2) is 8.55. The van der Waals surface area contributed by atoms with Crippen LogP contribution in [0.5, 0.6) is 0 Å². The van der Waals surface area contributed by atoms with Crippen molar-refractivity contribution in [3.05, 3.63) is 46.7 Å². The van der Waals surface area contributed by atoms with Gasteiger partial charge in [-0.15, -0.1) is 0 Å². The maximum Gasteiger partial charge on any atom is 0.0574 e. The quantitative estimate of drug-likeness (QED) is 0.627. The Balaban J connectivity index is 1.56. The Bertz CT molecular complexity index is 806. The van der Waals surface area contributed by atoms with E-state index in [0.29, 0.717) is 18.0 Å². The van der Waals surface area contributed by atoms with Crippen molar-refractivity contribution in [1.82, 2.24) is 10.6 Å². The molecule has 3 heteroatoms. The van der Waals surface area contributed by atoms with Crippen molar-refractivity contribution in [2.24, 2.45) is 17.6 Å². The van der Waals surface area contributed by atoms with Gasteiger partial charge in [0.05, 0.1) is 5.70 Å². The number of nitrogens with one attached hydrogen (secondary N) is 2. The van der Waals surface area contributed by atoms with Crippen molar-refractivity contribution in [3.8, 4) is 0 Å². The van der Waals surface area contributed by atoms with Crippen molar-refractivity contribution in [2.75, 3.05) is 0 Å². The lowest BCUT2D eigenvalue weighted by Crippen LogP contribution is -2.48. The fourth-order valence-electron chi connectivity index (χ4n) is 6.36. The third kappa shape index (κ3) is 3.86. The molecule has 1 saturated heterocycles. The molecule has 1 heterocycles. The van der Waals surface area contributed by atoms with Gasteiger partial charge in [0, 0.05) is 24.3 Å². The molecule has 0 radical (unpaired) electrons. The van der Waals surface area contributed by atoms with E-state index in [9.17, 15) is 0 Å². The van der Waals surface area contributed by atoms with E-state index in [4.69, 9.17) is 5.73 Å². The van der Waals surface area contributed by atoms with Crippen LogP contribution in [-0.4, -0.2) is 18.1 Å². The summed E-state index contributed by atoms with van der Waals surface area (Å²) in [5.74, 6) is 1.54. The zero-order chi connectivity index (χ0) is 20.5. The number of hydrogen-bond acceptors (Lipinski definition) is 3. The summed E-state index contributed by atoms with van der Waals surface area (Å²) in [5, 5.41) is 7.58. The van der Waals surface area contributed by atoms with Crippen LogP contribution < -0.4 is 16.4 Å². The first-order valence-electron chi connectivity index (χ1n) is 11.8. The Morgan fingerprint density at radius 2 is 2.14 bits per heavy atom. The second-order valence-corrected chi connectivity index (χ2v) is 9.57. The topological polar surface area (TPSA) is 50.1 Å². The number of nitrogens with two attached hydrogens (primary N) is 1. The van der Waals surface area contributed by atoms with Crippen LogP contribution in [0.4, 0.5) is 0 Å². The second-order valence-electron chi connectivity index (χ2n) is 9.57. The van der Waals surface area contributed by atoms with E-state index in [1.54, 1.807) is 11.8 Å². The van der Waals surface area contributed by atoms with Gasteiger partial charge in [-0.25, -0.2) is 0 Å². The third-order valence-corrected chi connectivity index (χ3v) is 7.66. The van der Waals surface area contributed by atoms with E-state index in [-0.39, 0.29) is 0 Å². The zero-order valence-corrected chi connectivity index (χ0v) is 18.7. The highest BCUT2D eigenvalue weighted by Gasteiger charge is 2.41. The summed E-state index contributed by atoms with van der Waals surface area (Å²) in [6.45, 7) is 9.09. The molecular formula is C26H39N3. The standard InChI is InChI=1S/C26H39N3/c1-5-7-18-8-9-19-13-21(12-16(3)25(19)23(18)6-2)24(15-27)28-17(4)26-20-10-11-22(14-20)29-26/h6,12-13,15,17-18,20,22,26,28-29H,5,7-11,14,27H2,1-4H3/b23-6+,24-15-. The first kappa shape index (κ1) is 20.5. The van der Waals surface area contributed by atoms with E-state index >= 15 is 0 Å². The molecule has 0 amide bonds. The molecule has 4 N–H and O–H groups in total. The highest BCUT2D eigenvalue weighted by Crippen LogP contribution is 2.41. The highest BCUT2D eigenvalue weighted by molar-refractivity contribution is 5.77. The fraction of sp³-hybridized carbons (Fsp3) is 0.615. The Kier molecular flexibility index (Phi) is 6.06. The summed E-state index contributed by atoms with van der Waals surface area (Å²) >= 11 is 0. The molecule has 1 aromatic rings. The van der Waals surface area contributed by atoms with Gasteiger partial charge in [-0.3, -0.25) is 0 Å². The van der Waals surface area contributed by atoms with Gasteiger partial charge in [0.1, 0.15) is 0 Å².